The Kier molecular flexibility index (Phi) is 3.71. The summed E-state index contributed by atoms with van der Waals surface area (Å²) in [5.74, 6) is 0.269. The van der Waals surface area contributed by atoms with Crippen molar-refractivity contribution in [3.63, 3.8) is 0 Å². The molecule has 86 valence electrons. The van der Waals surface area contributed by atoms with Crippen molar-refractivity contribution in [1.29, 1.82) is 0 Å². The monoisotopic (exact) mass is 228 g/mol. The predicted molar refractivity (Wildman–Crippen MR) is 65.5 cm³/mol. The highest BCUT2D eigenvalue weighted by atomic mass is 32.1. The van der Waals surface area contributed by atoms with E-state index in [9.17, 15) is 4.79 Å². The van der Waals surface area contributed by atoms with E-state index in [1.54, 1.807) is 0 Å². The largest absolute Gasteiger partial charge is 0.393 e. The normalized spacial score (nSPS) is 18.3. The summed E-state index contributed by atoms with van der Waals surface area (Å²) in [7, 11) is 0. The molecule has 0 radical (unpaired) electrons. The summed E-state index contributed by atoms with van der Waals surface area (Å²) < 4.78 is 0. The van der Waals surface area contributed by atoms with E-state index in [0.717, 1.165) is 0 Å². The highest BCUT2D eigenvalue weighted by Gasteiger charge is 2.39. The van der Waals surface area contributed by atoms with E-state index in [0.29, 0.717) is 17.3 Å². The van der Waals surface area contributed by atoms with Gasteiger partial charge in [0.15, 0.2) is 0 Å². The third-order valence-corrected chi connectivity index (χ3v) is 3.40. The summed E-state index contributed by atoms with van der Waals surface area (Å²) in [6.45, 7) is 6.05. The van der Waals surface area contributed by atoms with Crippen LogP contribution in [0.4, 0.5) is 0 Å². The number of rotatable bonds is 5. The average molecular weight is 228 g/mol. The molecule has 1 aliphatic carbocycles. The molecular formula is C11H20N2OS. The van der Waals surface area contributed by atoms with Gasteiger partial charge in [0.2, 0.25) is 5.91 Å². The molecule has 1 unspecified atom stereocenters. The molecule has 1 amide bonds. The van der Waals surface area contributed by atoms with Crippen molar-refractivity contribution in [2.75, 3.05) is 0 Å². The van der Waals surface area contributed by atoms with Gasteiger partial charge in [-0.2, -0.15) is 0 Å². The summed E-state index contributed by atoms with van der Waals surface area (Å²) in [6.07, 6.45) is 3.08. The lowest BCUT2D eigenvalue weighted by Gasteiger charge is -2.28. The van der Waals surface area contributed by atoms with Crippen LogP contribution in [-0.4, -0.2) is 16.4 Å². The van der Waals surface area contributed by atoms with Gasteiger partial charge >= 0.3 is 0 Å². The standard InChI is InChI=1S/C11H20N2OS/c1-4-8(9(12)15)10(14)13-11(2,3)7-5-6-7/h7-8H,4-6H2,1-3H3,(H2,12,15)(H,13,14). The van der Waals surface area contributed by atoms with Gasteiger partial charge in [-0.05, 0) is 39.0 Å². The Hall–Kier alpha value is -0.640. The molecule has 4 heteroatoms. The lowest BCUT2D eigenvalue weighted by molar-refractivity contribution is -0.124. The lowest BCUT2D eigenvalue weighted by Crippen LogP contribution is -2.49. The van der Waals surface area contributed by atoms with Crippen LogP contribution in [0.15, 0.2) is 0 Å². The SMILES string of the molecule is CCC(C(=O)NC(C)(C)C1CC1)C(N)=S. The number of carbonyl (C=O) groups excluding carboxylic acids is 1. The molecule has 0 aromatic rings. The van der Waals surface area contributed by atoms with Gasteiger partial charge < -0.3 is 11.1 Å². The second-order valence-electron chi connectivity index (χ2n) is 4.85. The third-order valence-electron chi connectivity index (χ3n) is 3.11. The molecular weight excluding hydrogens is 208 g/mol. The molecule has 1 rings (SSSR count). The zero-order chi connectivity index (χ0) is 11.6. The van der Waals surface area contributed by atoms with Crippen molar-refractivity contribution in [3.05, 3.63) is 0 Å². The first-order chi connectivity index (χ1) is 6.88. The summed E-state index contributed by atoms with van der Waals surface area (Å²) in [5.41, 5.74) is 5.41. The summed E-state index contributed by atoms with van der Waals surface area (Å²) >= 11 is 4.88. The molecule has 1 saturated carbocycles. The number of hydrogen-bond donors (Lipinski definition) is 2. The predicted octanol–water partition coefficient (Wildman–Crippen LogP) is 1.60. The minimum Gasteiger partial charge on any atom is -0.393 e. The van der Waals surface area contributed by atoms with Gasteiger partial charge in [-0.1, -0.05) is 19.1 Å². The van der Waals surface area contributed by atoms with E-state index in [-0.39, 0.29) is 17.4 Å². The van der Waals surface area contributed by atoms with Gasteiger partial charge in [0.1, 0.15) is 0 Å². The smallest absolute Gasteiger partial charge is 0.230 e. The first kappa shape index (κ1) is 12.4. The molecule has 3 nitrogen and oxygen atoms in total. The van der Waals surface area contributed by atoms with Gasteiger partial charge in [0, 0.05) is 5.54 Å². The van der Waals surface area contributed by atoms with Crippen LogP contribution in [0.1, 0.15) is 40.0 Å². The van der Waals surface area contributed by atoms with E-state index in [1.165, 1.54) is 12.8 Å². The van der Waals surface area contributed by atoms with Crippen molar-refractivity contribution < 1.29 is 4.79 Å². The molecule has 0 spiro atoms. The number of amides is 1. The first-order valence-corrected chi connectivity index (χ1v) is 5.90. The molecule has 0 aliphatic heterocycles. The first-order valence-electron chi connectivity index (χ1n) is 5.49. The second-order valence-corrected chi connectivity index (χ2v) is 5.32. The summed E-state index contributed by atoms with van der Waals surface area (Å²) in [6, 6.07) is 0. The maximum absolute atomic E-state index is 11.9. The Balaban J connectivity index is 2.56. The number of carbonyl (C=O) groups is 1. The van der Waals surface area contributed by atoms with Gasteiger partial charge in [0.05, 0.1) is 10.9 Å². The fraction of sp³-hybridized carbons (Fsp3) is 0.818. The molecule has 1 fully saturated rings. The van der Waals surface area contributed by atoms with Crippen LogP contribution in [0, 0.1) is 11.8 Å². The number of thiocarbonyl (C=S) groups is 1. The van der Waals surface area contributed by atoms with Crippen LogP contribution in [0.5, 0.6) is 0 Å². The molecule has 0 heterocycles. The van der Waals surface area contributed by atoms with E-state index in [4.69, 9.17) is 18.0 Å². The molecule has 0 saturated heterocycles. The molecule has 1 atom stereocenters. The molecule has 15 heavy (non-hydrogen) atoms. The van der Waals surface area contributed by atoms with Crippen LogP contribution < -0.4 is 11.1 Å². The van der Waals surface area contributed by atoms with Gasteiger partial charge in [-0.25, -0.2) is 0 Å². The third kappa shape index (κ3) is 3.16. The number of hydrogen-bond acceptors (Lipinski definition) is 2. The maximum atomic E-state index is 11.9. The Morgan fingerprint density at radius 3 is 2.47 bits per heavy atom. The Morgan fingerprint density at radius 2 is 2.13 bits per heavy atom. The van der Waals surface area contributed by atoms with Crippen molar-refractivity contribution >= 4 is 23.1 Å². The van der Waals surface area contributed by atoms with Crippen molar-refractivity contribution in [3.8, 4) is 0 Å². The minimum absolute atomic E-state index is 0.0260. The summed E-state index contributed by atoms with van der Waals surface area (Å²) in [4.78, 5) is 12.2. The van der Waals surface area contributed by atoms with Crippen molar-refractivity contribution in [1.82, 2.24) is 5.32 Å². The van der Waals surface area contributed by atoms with Crippen LogP contribution in [0.3, 0.4) is 0 Å². The van der Waals surface area contributed by atoms with Crippen molar-refractivity contribution in [2.45, 2.75) is 45.6 Å². The maximum Gasteiger partial charge on any atom is 0.230 e. The van der Waals surface area contributed by atoms with Crippen LogP contribution in [-0.2, 0) is 4.79 Å². The fourth-order valence-electron chi connectivity index (χ4n) is 1.83. The minimum atomic E-state index is -0.321. The molecule has 3 N–H and O–H groups in total. The van der Waals surface area contributed by atoms with Gasteiger partial charge in [-0.15, -0.1) is 0 Å². The molecule has 0 aromatic heterocycles. The van der Waals surface area contributed by atoms with Gasteiger partial charge in [-0.3, -0.25) is 4.79 Å². The zero-order valence-electron chi connectivity index (χ0n) is 9.67. The highest BCUT2D eigenvalue weighted by molar-refractivity contribution is 7.80. The average Bonchev–Trinajstić information content (AvgIpc) is 2.84. The quantitative estimate of drug-likeness (QED) is 0.703. The summed E-state index contributed by atoms with van der Waals surface area (Å²) in [5, 5.41) is 3.04. The van der Waals surface area contributed by atoms with E-state index >= 15 is 0 Å². The van der Waals surface area contributed by atoms with Crippen LogP contribution >= 0.6 is 12.2 Å². The van der Waals surface area contributed by atoms with E-state index < -0.39 is 0 Å². The number of nitrogens with two attached hydrogens (primary N) is 1. The molecule has 1 aliphatic rings. The molecule has 0 bridgehead atoms. The van der Waals surface area contributed by atoms with E-state index in [1.807, 2.05) is 6.92 Å². The van der Waals surface area contributed by atoms with E-state index in [2.05, 4.69) is 19.2 Å². The Labute approximate surface area is 96.8 Å². The Bertz CT molecular complexity index is 272. The zero-order valence-corrected chi connectivity index (χ0v) is 10.5. The Morgan fingerprint density at radius 1 is 1.60 bits per heavy atom. The lowest BCUT2D eigenvalue weighted by atomic mass is 9.96. The topological polar surface area (TPSA) is 55.1 Å². The highest BCUT2D eigenvalue weighted by Crippen LogP contribution is 2.39. The van der Waals surface area contributed by atoms with Crippen LogP contribution in [0.2, 0.25) is 0 Å². The van der Waals surface area contributed by atoms with Gasteiger partial charge in [0.25, 0.3) is 0 Å². The fourth-order valence-corrected chi connectivity index (χ4v) is 2.10. The van der Waals surface area contributed by atoms with Crippen LogP contribution in [0.25, 0.3) is 0 Å². The second kappa shape index (κ2) is 4.47. The van der Waals surface area contributed by atoms with Crippen molar-refractivity contribution in [2.24, 2.45) is 17.6 Å². The number of nitrogens with one attached hydrogen (secondary N) is 1. The molecule has 0 aromatic carbocycles.